The molecule has 0 fully saturated rings. The maximum Gasteiger partial charge on any atom is 0.527 e. The van der Waals surface area contributed by atoms with Crippen molar-refractivity contribution in [3.8, 4) is 11.5 Å². The van der Waals surface area contributed by atoms with E-state index in [1.807, 2.05) is 0 Å². The van der Waals surface area contributed by atoms with Crippen LogP contribution in [0.5, 0.6) is 11.5 Å². The summed E-state index contributed by atoms with van der Waals surface area (Å²) < 4.78 is 27.3. The second-order valence-electron chi connectivity index (χ2n) is 6.96. The van der Waals surface area contributed by atoms with Crippen molar-refractivity contribution in [1.82, 2.24) is 10.2 Å². The first-order valence-electron chi connectivity index (χ1n) is 10.1. The van der Waals surface area contributed by atoms with E-state index in [9.17, 15) is 19.0 Å². The largest absolute Gasteiger partial charge is 0.527 e. The molecule has 2 amide bonds. The van der Waals surface area contributed by atoms with Crippen LogP contribution in [0.2, 0.25) is 0 Å². The molecule has 1 aromatic rings. The summed E-state index contributed by atoms with van der Waals surface area (Å²) in [4.78, 5) is 34.5. The van der Waals surface area contributed by atoms with Gasteiger partial charge in [-0.25, -0.2) is 4.57 Å². The van der Waals surface area contributed by atoms with Crippen molar-refractivity contribution in [2.45, 2.75) is 45.4 Å². The number of amides is 2. The van der Waals surface area contributed by atoms with Gasteiger partial charge in [0, 0.05) is 33.1 Å². The lowest BCUT2D eigenvalue weighted by atomic mass is 10.1. The Kier molecular flexibility index (Phi) is 12.1. The smallest absolute Gasteiger partial charge is 0.484 e. The Morgan fingerprint density at radius 3 is 2.53 bits per heavy atom. The number of hydrogen-bond donors (Lipinski definition) is 2. The molecule has 2 N–H and O–H groups in total. The fourth-order valence-corrected chi connectivity index (χ4v) is 3.14. The third-order valence-electron chi connectivity index (χ3n) is 4.07. The molecule has 0 saturated carbocycles. The number of unbranched alkanes of at least 4 members (excludes halogenated alkanes) is 4. The number of rotatable bonds is 15. The summed E-state index contributed by atoms with van der Waals surface area (Å²) >= 11 is 0. The first-order valence-corrected chi connectivity index (χ1v) is 11.6. The van der Waals surface area contributed by atoms with Crippen LogP contribution >= 0.6 is 7.82 Å². The van der Waals surface area contributed by atoms with Crippen molar-refractivity contribution < 1.29 is 32.8 Å². The number of carbonyl (C=O) groups is 2. The van der Waals surface area contributed by atoms with Crippen molar-refractivity contribution in [1.29, 1.82) is 0 Å². The number of nitrogens with zero attached hydrogens (tertiary/aromatic N) is 1. The number of ether oxygens (including phenoxy) is 1. The summed E-state index contributed by atoms with van der Waals surface area (Å²) in [7, 11) is -1.14. The van der Waals surface area contributed by atoms with Crippen LogP contribution in [0, 0.1) is 0 Å². The van der Waals surface area contributed by atoms with Crippen LogP contribution in [0.3, 0.4) is 0 Å². The highest BCUT2D eigenvalue weighted by Crippen LogP contribution is 2.44. The van der Waals surface area contributed by atoms with E-state index < -0.39 is 7.82 Å². The zero-order valence-electron chi connectivity index (χ0n) is 18.0. The highest BCUT2D eigenvalue weighted by molar-refractivity contribution is 7.47. The molecule has 9 nitrogen and oxygen atoms in total. The topological polar surface area (TPSA) is 114 Å². The molecule has 0 radical (unpaired) electrons. The molecule has 0 saturated heterocycles. The molecule has 0 aromatic heterocycles. The molecular weight excluding hydrogens is 411 g/mol. The molecule has 170 valence electrons. The van der Waals surface area contributed by atoms with Crippen LogP contribution in [0.25, 0.3) is 0 Å². The predicted octanol–water partition coefficient (Wildman–Crippen LogP) is 3.13. The average molecular weight is 444 g/mol. The van der Waals surface area contributed by atoms with Crippen molar-refractivity contribution in [2.75, 3.05) is 33.9 Å². The van der Waals surface area contributed by atoms with E-state index in [4.69, 9.17) is 13.8 Å². The highest BCUT2D eigenvalue weighted by Gasteiger charge is 2.23. The van der Waals surface area contributed by atoms with Crippen LogP contribution in [-0.4, -0.2) is 55.5 Å². The van der Waals surface area contributed by atoms with E-state index in [1.165, 1.54) is 23.5 Å². The van der Waals surface area contributed by atoms with E-state index in [-0.39, 0.29) is 37.3 Å². The van der Waals surface area contributed by atoms with Crippen molar-refractivity contribution in [3.63, 3.8) is 0 Å². The number of phosphoric ester groups is 1. The van der Waals surface area contributed by atoms with Gasteiger partial charge < -0.3 is 19.5 Å². The number of nitrogens with one attached hydrogen (secondary N) is 1. The van der Waals surface area contributed by atoms with Crippen LogP contribution in [0.1, 0.15) is 45.4 Å². The van der Waals surface area contributed by atoms with Gasteiger partial charge >= 0.3 is 7.82 Å². The normalized spacial score (nSPS) is 12.7. The highest BCUT2D eigenvalue weighted by atomic mass is 31.2. The van der Waals surface area contributed by atoms with Crippen molar-refractivity contribution >= 4 is 19.6 Å². The van der Waals surface area contributed by atoms with Gasteiger partial charge in [-0.2, -0.15) is 0 Å². The van der Waals surface area contributed by atoms with E-state index in [1.54, 1.807) is 26.2 Å². The monoisotopic (exact) mass is 444 g/mol. The molecule has 30 heavy (non-hydrogen) atoms. The molecular formula is C20H33N2O7P. The minimum Gasteiger partial charge on any atom is -0.484 e. The quantitative estimate of drug-likeness (QED) is 0.316. The number of likely N-dealkylation sites (N-methyl/N-ethyl adjacent to an activating group) is 1. The molecule has 0 heterocycles. The molecule has 0 aliphatic carbocycles. The lowest BCUT2D eigenvalue weighted by Gasteiger charge is -2.15. The summed E-state index contributed by atoms with van der Waals surface area (Å²) in [6.07, 6.45) is 5.72. The third-order valence-corrected chi connectivity index (χ3v) is 5.02. The van der Waals surface area contributed by atoms with Crippen LogP contribution < -0.4 is 14.6 Å². The molecule has 1 unspecified atom stereocenters. The maximum atomic E-state index is 12.1. The molecule has 1 rings (SSSR count). The Balaban J connectivity index is 2.33. The van der Waals surface area contributed by atoms with E-state index in [0.717, 1.165) is 25.7 Å². The van der Waals surface area contributed by atoms with E-state index in [2.05, 4.69) is 12.2 Å². The zero-order valence-corrected chi connectivity index (χ0v) is 18.9. The summed E-state index contributed by atoms with van der Waals surface area (Å²) in [5.74, 6) is 0.0436. The minimum atomic E-state index is -4.36. The predicted molar refractivity (Wildman–Crippen MR) is 113 cm³/mol. The molecule has 10 heteroatoms. The Bertz CT molecular complexity index is 712. The Hall–Kier alpha value is -2.09. The summed E-state index contributed by atoms with van der Waals surface area (Å²) in [5, 5.41) is 2.65. The van der Waals surface area contributed by atoms with Crippen LogP contribution in [0.4, 0.5) is 0 Å². The van der Waals surface area contributed by atoms with Crippen LogP contribution in [-0.2, 0) is 18.7 Å². The van der Waals surface area contributed by atoms with Crippen molar-refractivity contribution in [2.24, 2.45) is 0 Å². The van der Waals surface area contributed by atoms with Crippen LogP contribution in [0.15, 0.2) is 24.3 Å². The molecule has 0 aliphatic rings. The Labute approximate surface area is 178 Å². The molecule has 1 atom stereocenters. The SMILES string of the molecule is CCCCCCCC(=O)NCCOP(=O)(O)Oc1cccc(OCC(=O)N(C)C)c1. The number of carbonyl (C=O) groups excluding carboxylic acids is 2. The standard InChI is InChI=1S/C20H33N2O7P/c1-4-5-6-7-8-12-19(23)21-13-14-28-30(25,26)29-18-11-9-10-17(15-18)27-16-20(24)22(2)3/h9-11,15H,4-8,12-14,16H2,1-3H3,(H,21,23)(H,25,26). The summed E-state index contributed by atoms with van der Waals surface area (Å²) in [5.41, 5.74) is 0. The second kappa shape index (κ2) is 14.0. The lowest BCUT2D eigenvalue weighted by molar-refractivity contribution is -0.130. The fourth-order valence-electron chi connectivity index (χ4n) is 2.38. The summed E-state index contributed by atoms with van der Waals surface area (Å²) in [6, 6.07) is 6.00. The van der Waals surface area contributed by atoms with Gasteiger partial charge in [0.05, 0.1) is 6.61 Å². The number of phosphoric acid groups is 1. The molecule has 0 aliphatic heterocycles. The first-order chi connectivity index (χ1) is 14.2. The van der Waals surface area contributed by atoms with Gasteiger partial charge in [-0.15, -0.1) is 0 Å². The second-order valence-corrected chi connectivity index (χ2v) is 8.34. The van der Waals surface area contributed by atoms with Crippen molar-refractivity contribution in [3.05, 3.63) is 24.3 Å². The van der Waals surface area contributed by atoms with E-state index in [0.29, 0.717) is 12.2 Å². The molecule has 1 aromatic carbocycles. The lowest BCUT2D eigenvalue weighted by Crippen LogP contribution is -2.27. The average Bonchev–Trinajstić information content (AvgIpc) is 2.69. The van der Waals surface area contributed by atoms with Gasteiger partial charge in [0.1, 0.15) is 11.5 Å². The van der Waals surface area contributed by atoms with Gasteiger partial charge in [0.25, 0.3) is 5.91 Å². The Morgan fingerprint density at radius 1 is 1.13 bits per heavy atom. The molecule has 0 spiro atoms. The van der Waals surface area contributed by atoms with E-state index >= 15 is 0 Å². The Morgan fingerprint density at radius 2 is 1.83 bits per heavy atom. The maximum absolute atomic E-state index is 12.1. The van der Waals surface area contributed by atoms with Gasteiger partial charge in [-0.1, -0.05) is 38.7 Å². The zero-order chi connectivity index (χ0) is 22.4. The fraction of sp³-hybridized carbons (Fsp3) is 0.600. The van der Waals surface area contributed by atoms with Gasteiger partial charge in [-0.05, 0) is 18.6 Å². The minimum absolute atomic E-state index is 0.0618. The van der Waals surface area contributed by atoms with Gasteiger partial charge in [0.2, 0.25) is 5.91 Å². The first kappa shape index (κ1) is 25.9. The summed E-state index contributed by atoms with van der Waals surface area (Å²) in [6.45, 7) is 1.91. The third kappa shape index (κ3) is 11.8. The molecule has 0 bridgehead atoms. The number of benzene rings is 1. The number of hydrogen-bond acceptors (Lipinski definition) is 6. The van der Waals surface area contributed by atoms with Gasteiger partial charge in [-0.3, -0.25) is 19.0 Å². The van der Waals surface area contributed by atoms with Gasteiger partial charge in [0.15, 0.2) is 6.61 Å².